The molecule has 0 aliphatic carbocycles. The van der Waals surface area contributed by atoms with Crippen molar-refractivity contribution in [3.05, 3.63) is 34.3 Å². The molecule has 1 aromatic carbocycles. The van der Waals surface area contributed by atoms with Crippen LogP contribution in [0.2, 0.25) is 5.02 Å². The van der Waals surface area contributed by atoms with Gasteiger partial charge in [-0.2, -0.15) is 0 Å². The van der Waals surface area contributed by atoms with Crippen molar-refractivity contribution in [3.8, 4) is 0 Å². The largest absolute Gasteiger partial charge is 0.465 e. The predicted octanol–water partition coefficient (Wildman–Crippen LogP) is 3.02. The van der Waals surface area contributed by atoms with E-state index in [1.54, 1.807) is 18.2 Å². The molecule has 0 N–H and O–H groups in total. The van der Waals surface area contributed by atoms with Crippen molar-refractivity contribution in [3.63, 3.8) is 0 Å². The van der Waals surface area contributed by atoms with E-state index in [1.807, 2.05) is 0 Å². The Hall–Kier alpha value is -0.540. The normalized spacial score (nSPS) is 9.77. The van der Waals surface area contributed by atoms with Gasteiger partial charge in [-0.05, 0) is 23.8 Å². The lowest BCUT2D eigenvalue weighted by Gasteiger charge is -2.02. The first-order chi connectivity index (χ1) is 6.17. The Morgan fingerprint density at radius 2 is 2.23 bits per heavy atom. The second-order valence-electron chi connectivity index (χ2n) is 2.47. The number of carbonyl (C=O) groups excluding carboxylic acids is 1. The van der Waals surface area contributed by atoms with Crippen molar-refractivity contribution >= 4 is 33.5 Å². The lowest BCUT2D eigenvalue weighted by molar-refractivity contribution is 0.0600. The van der Waals surface area contributed by atoms with E-state index >= 15 is 0 Å². The van der Waals surface area contributed by atoms with E-state index < -0.39 is 0 Å². The molecule has 70 valence electrons. The minimum absolute atomic E-state index is 0.371. The van der Waals surface area contributed by atoms with Crippen molar-refractivity contribution in [2.24, 2.45) is 0 Å². The molecular weight excluding hydrogens is 255 g/mol. The Bertz CT molecular complexity index is 325. The van der Waals surface area contributed by atoms with Gasteiger partial charge in [-0.15, -0.1) is 0 Å². The molecule has 0 saturated heterocycles. The number of esters is 1. The third-order valence-corrected chi connectivity index (χ3v) is 2.40. The number of alkyl halides is 1. The second-order valence-corrected chi connectivity index (χ2v) is 3.47. The predicted molar refractivity (Wildman–Crippen MR) is 55.4 cm³/mol. The van der Waals surface area contributed by atoms with Gasteiger partial charge in [0.05, 0.1) is 12.7 Å². The van der Waals surface area contributed by atoms with Crippen LogP contribution in [-0.4, -0.2) is 13.1 Å². The Kier molecular flexibility index (Phi) is 3.75. The Morgan fingerprint density at radius 1 is 1.54 bits per heavy atom. The highest BCUT2D eigenvalue weighted by molar-refractivity contribution is 9.08. The summed E-state index contributed by atoms with van der Waals surface area (Å²) in [6, 6.07) is 5.12. The molecule has 0 aliphatic heterocycles. The van der Waals surface area contributed by atoms with Gasteiger partial charge in [0.15, 0.2) is 0 Å². The highest BCUT2D eigenvalue weighted by Gasteiger charge is 2.07. The molecule has 0 amide bonds. The van der Waals surface area contributed by atoms with Gasteiger partial charge in [-0.3, -0.25) is 0 Å². The van der Waals surface area contributed by atoms with Crippen LogP contribution in [0.5, 0.6) is 0 Å². The molecule has 0 heterocycles. The highest BCUT2D eigenvalue weighted by atomic mass is 79.9. The lowest BCUT2D eigenvalue weighted by Crippen LogP contribution is -2.01. The smallest absolute Gasteiger partial charge is 0.337 e. The standard InChI is InChI=1S/C9H8BrClO2/c1-13-9(12)7-2-6(5-10)3-8(11)4-7/h2-4H,5H2,1H3. The highest BCUT2D eigenvalue weighted by Crippen LogP contribution is 2.17. The van der Waals surface area contributed by atoms with Crippen LogP contribution in [-0.2, 0) is 10.1 Å². The molecule has 0 fully saturated rings. The minimum Gasteiger partial charge on any atom is -0.465 e. The van der Waals surface area contributed by atoms with Gasteiger partial charge in [-0.25, -0.2) is 4.79 Å². The second kappa shape index (κ2) is 4.63. The summed E-state index contributed by atoms with van der Waals surface area (Å²) in [6.07, 6.45) is 0. The summed E-state index contributed by atoms with van der Waals surface area (Å²) in [7, 11) is 1.34. The van der Waals surface area contributed by atoms with Gasteiger partial charge in [0.1, 0.15) is 0 Å². The summed E-state index contributed by atoms with van der Waals surface area (Å²) in [5, 5.41) is 1.20. The zero-order chi connectivity index (χ0) is 9.84. The van der Waals surface area contributed by atoms with Gasteiger partial charge in [0, 0.05) is 10.4 Å². The summed E-state index contributed by atoms with van der Waals surface area (Å²) < 4.78 is 4.58. The van der Waals surface area contributed by atoms with Crippen molar-refractivity contribution in [2.45, 2.75) is 5.33 Å². The molecule has 0 radical (unpaired) electrons. The number of carbonyl (C=O) groups is 1. The minimum atomic E-state index is -0.371. The van der Waals surface area contributed by atoms with E-state index in [0.717, 1.165) is 5.56 Å². The van der Waals surface area contributed by atoms with Crippen LogP contribution in [0.1, 0.15) is 15.9 Å². The third kappa shape index (κ3) is 2.71. The quantitative estimate of drug-likeness (QED) is 0.605. The number of rotatable bonds is 2. The van der Waals surface area contributed by atoms with Crippen LogP contribution in [0, 0.1) is 0 Å². The summed E-state index contributed by atoms with van der Waals surface area (Å²) >= 11 is 9.09. The molecular formula is C9H8BrClO2. The number of hydrogen-bond acceptors (Lipinski definition) is 2. The Balaban J connectivity index is 3.08. The summed E-state index contributed by atoms with van der Waals surface area (Å²) in [5.74, 6) is -0.371. The van der Waals surface area contributed by atoms with E-state index in [1.165, 1.54) is 7.11 Å². The number of methoxy groups -OCH3 is 1. The van der Waals surface area contributed by atoms with Crippen molar-refractivity contribution < 1.29 is 9.53 Å². The molecule has 4 heteroatoms. The van der Waals surface area contributed by atoms with E-state index in [-0.39, 0.29) is 5.97 Å². The van der Waals surface area contributed by atoms with Gasteiger partial charge in [-0.1, -0.05) is 27.5 Å². The van der Waals surface area contributed by atoms with E-state index in [9.17, 15) is 4.79 Å². The molecule has 1 aromatic rings. The molecule has 0 unspecified atom stereocenters. The number of hydrogen-bond donors (Lipinski definition) is 0. The maximum absolute atomic E-state index is 11.1. The average molecular weight is 264 g/mol. The summed E-state index contributed by atoms with van der Waals surface area (Å²) in [4.78, 5) is 11.1. The van der Waals surface area contributed by atoms with Crippen LogP contribution < -0.4 is 0 Å². The fourth-order valence-electron chi connectivity index (χ4n) is 0.963. The summed E-state index contributed by atoms with van der Waals surface area (Å²) in [5.41, 5.74) is 1.43. The topological polar surface area (TPSA) is 26.3 Å². The van der Waals surface area contributed by atoms with Crippen LogP contribution in [0.4, 0.5) is 0 Å². The zero-order valence-corrected chi connectivity index (χ0v) is 9.35. The number of halogens is 2. The molecule has 2 nitrogen and oxygen atoms in total. The number of benzene rings is 1. The van der Waals surface area contributed by atoms with Crippen LogP contribution in [0.3, 0.4) is 0 Å². The fourth-order valence-corrected chi connectivity index (χ4v) is 1.54. The average Bonchev–Trinajstić information content (AvgIpc) is 2.15. The maximum atomic E-state index is 11.1. The molecule has 0 atom stereocenters. The Morgan fingerprint density at radius 3 is 2.77 bits per heavy atom. The van der Waals surface area contributed by atoms with Gasteiger partial charge in [0.2, 0.25) is 0 Å². The van der Waals surface area contributed by atoms with Gasteiger partial charge >= 0.3 is 5.97 Å². The van der Waals surface area contributed by atoms with Gasteiger partial charge in [0.25, 0.3) is 0 Å². The molecule has 0 aromatic heterocycles. The van der Waals surface area contributed by atoms with Crippen molar-refractivity contribution in [1.82, 2.24) is 0 Å². The van der Waals surface area contributed by atoms with Gasteiger partial charge < -0.3 is 4.74 Å². The van der Waals surface area contributed by atoms with Crippen LogP contribution >= 0.6 is 27.5 Å². The SMILES string of the molecule is COC(=O)c1cc(Cl)cc(CBr)c1. The monoisotopic (exact) mass is 262 g/mol. The first-order valence-electron chi connectivity index (χ1n) is 3.61. The first kappa shape index (κ1) is 10.5. The molecule has 0 aliphatic rings. The van der Waals surface area contributed by atoms with Crippen molar-refractivity contribution in [2.75, 3.05) is 7.11 Å². The van der Waals surface area contributed by atoms with E-state index in [2.05, 4.69) is 20.7 Å². The first-order valence-corrected chi connectivity index (χ1v) is 5.11. The Labute approximate surface area is 90.0 Å². The van der Waals surface area contributed by atoms with E-state index in [0.29, 0.717) is 15.9 Å². The molecule has 13 heavy (non-hydrogen) atoms. The molecule has 1 rings (SSSR count). The number of ether oxygens (including phenoxy) is 1. The zero-order valence-electron chi connectivity index (χ0n) is 7.01. The van der Waals surface area contributed by atoms with E-state index in [4.69, 9.17) is 11.6 Å². The maximum Gasteiger partial charge on any atom is 0.337 e. The summed E-state index contributed by atoms with van der Waals surface area (Å²) in [6.45, 7) is 0. The molecule has 0 spiro atoms. The lowest BCUT2D eigenvalue weighted by atomic mass is 10.1. The van der Waals surface area contributed by atoms with Crippen LogP contribution in [0.15, 0.2) is 18.2 Å². The fraction of sp³-hybridized carbons (Fsp3) is 0.222. The van der Waals surface area contributed by atoms with Crippen molar-refractivity contribution in [1.29, 1.82) is 0 Å². The molecule has 0 saturated carbocycles. The third-order valence-electron chi connectivity index (χ3n) is 1.53. The van der Waals surface area contributed by atoms with Crippen LogP contribution in [0.25, 0.3) is 0 Å². The molecule has 0 bridgehead atoms.